The maximum absolute atomic E-state index is 5.40. The summed E-state index contributed by atoms with van der Waals surface area (Å²) in [6.07, 6.45) is 8.56. The summed E-state index contributed by atoms with van der Waals surface area (Å²) in [6.45, 7) is 6.51. The molecule has 1 aromatic heterocycles. The molecule has 0 aliphatic carbocycles. The number of pyridine rings is 1. The van der Waals surface area contributed by atoms with E-state index in [1.807, 2.05) is 6.07 Å². The van der Waals surface area contributed by atoms with Crippen LogP contribution >= 0.6 is 0 Å². The van der Waals surface area contributed by atoms with Gasteiger partial charge in [0.2, 0.25) is 0 Å². The Labute approximate surface area is 126 Å². The smallest absolute Gasteiger partial charge is 0.128 e. The molecule has 3 saturated heterocycles. The molecule has 1 aromatic rings. The van der Waals surface area contributed by atoms with Gasteiger partial charge in [-0.15, -0.1) is 6.42 Å². The van der Waals surface area contributed by atoms with Crippen LogP contribution < -0.4 is 4.90 Å². The lowest BCUT2D eigenvalue weighted by Gasteiger charge is -2.50. The third-order valence-electron chi connectivity index (χ3n) is 4.98. The first-order valence-electron chi connectivity index (χ1n) is 7.81. The number of ether oxygens (including phenoxy) is 1. The summed E-state index contributed by atoms with van der Waals surface area (Å²) >= 11 is 0. The van der Waals surface area contributed by atoms with Crippen molar-refractivity contribution in [3.8, 4) is 12.3 Å². The Morgan fingerprint density at radius 3 is 2.43 bits per heavy atom. The van der Waals surface area contributed by atoms with Crippen LogP contribution in [0.3, 0.4) is 0 Å². The van der Waals surface area contributed by atoms with E-state index in [2.05, 4.69) is 26.8 Å². The first-order valence-corrected chi connectivity index (χ1v) is 7.81. The van der Waals surface area contributed by atoms with Crippen molar-refractivity contribution in [2.75, 3.05) is 44.3 Å². The molecule has 2 unspecified atom stereocenters. The number of nitrogens with zero attached hydrogens (tertiary/aromatic N) is 3. The van der Waals surface area contributed by atoms with E-state index in [-0.39, 0.29) is 0 Å². The van der Waals surface area contributed by atoms with E-state index in [4.69, 9.17) is 11.2 Å². The Balaban J connectivity index is 1.45. The summed E-state index contributed by atoms with van der Waals surface area (Å²) in [5.41, 5.74) is 0.854. The average molecular weight is 283 g/mol. The Morgan fingerprint density at radius 2 is 1.90 bits per heavy atom. The minimum atomic E-state index is 0.676. The number of terminal acetylenes is 1. The Morgan fingerprint density at radius 1 is 1.14 bits per heavy atom. The van der Waals surface area contributed by atoms with Crippen LogP contribution in [-0.2, 0) is 4.74 Å². The topological polar surface area (TPSA) is 28.6 Å². The number of hydrogen-bond donors (Lipinski definition) is 0. The summed E-state index contributed by atoms with van der Waals surface area (Å²) in [4.78, 5) is 9.62. The third-order valence-corrected chi connectivity index (χ3v) is 4.98. The summed E-state index contributed by atoms with van der Waals surface area (Å²) < 4.78 is 5.34. The van der Waals surface area contributed by atoms with Crippen LogP contribution in [0.25, 0.3) is 0 Å². The fourth-order valence-corrected chi connectivity index (χ4v) is 3.90. The van der Waals surface area contributed by atoms with Crippen LogP contribution in [0.4, 0.5) is 5.82 Å². The number of anilines is 1. The lowest BCUT2D eigenvalue weighted by molar-refractivity contribution is -0.0856. The second-order valence-corrected chi connectivity index (χ2v) is 6.57. The fraction of sp³-hybridized carbons (Fsp3) is 0.588. The molecule has 4 heterocycles. The lowest BCUT2D eigenvalue weighted by atomic mass is 9.84. The molecule has 2 bridgehead atoms. The first-order chi connectivity index (χ1) is 10.3. The highest BCUT2D eigenvalue weighted by molar-refractivity contribution is 5.43. The van der Waals surface area contributed by atoms with Gasteiger partial charge in [0.05, 0.1) is 19.3 Å². The van der Waals surface area contributed by atoms with E-state index in [0.717, 1.165) is 49.5 Å². The fourth-order valence-electron chi connectivity index (χ4n) is 3.90. The summed E-state index contributed by atoms with van der Waals surface area (Å²) in [6, 6.07) is 4.73. The van der Waals surface area contributed by atoms with Crippen LogP contribution in [0.1, 0.15) is 12.0 Å². The molecule has 0 spiro atoms. The van der Waals surface area contributed by atoms with Gasteiger partial charge in [-0.25, -0.2) is 4.98 Å². The van der Waals surface area contributed by atoms with Gasteiger partial charge < -0.3 is 9.64 Å². The van der Waals surface area contributed by atoms with Crippen molar-refractivity contribution in [3.05, 3.63) is 23.9 Å². The molecule has 110 valence electrons. The highest BCUT2D eigenvalue weighted by Crippen LogP contribution is 2.32. The maximum atomic E-state index is 5.40. The molecule has 3 aliphatic rings. The predicted molar refractivity (Wildman–Crippen MR) is 82.2 cm³/mol. The highest BCUT2D eigenvalue weighted by Gasteiger charge is 2.38. The molecule has 0 N–H and O–H groups in total. The van der Waals surface area contributed by atoms with Crippen molar-refractivity contribution in [2.24, 2.45) is 11.8 Å². The van der Waals surface area contributed by atoms with E-state index >= 15 is 0 Å². The second-order valence-electron chi connectivity index (χ2n) is 6.57. The number of likely N-dealkylation sites (tertiary alicyclic amines) is 1. The zero-order valence-corrected chi connectivity index (χ0v) is 12.2. The molecule has 0 radical (unpaired) electrons. The van der Waals surface area contributed by atoms with Gasteiger partial charge in [0, 0.05) is 37.9 Å². The molecule has 21 heavy (non-hydrogen) atoms. The normalized spacial score (nSPS) is 29.8. The summed E-state index contributed by atoms with van der Waals surface area (Å²) in [5, 5.41) is 0. The van der Waals surface area contributed by atoms with Gasteiger partial charge >= 0.3 is 0 Å². The van der Waals surface area contributed by atoms with Crippen LogP contribution in [0, 0.1) is 24.2 Å². The van der Waals surface area contributed by atoms with Gasteiger partial charge in [-0.1, -0.05) is 5.92 Å². The van der Waals surface area contributed by atoms with E-state index in [0.29, 0.717) is 6.04 Å². The van der Waals surface area contributed by atoms with E-state index in [1.165, 1.54) is 19.5 Å². The number of aromatic nitrogens is 1. The van der Waals surface area contributed by atoms with Crippen molar-refractivity contribution in [1.82, 2.24) is 9.88 Å². The second kappa shape index (κ2) is 5.32. The Bertz CT molecular complexity index is 532. The standard InChI is InChI=1S/C17H21N3O/c1-2-13-3-4-17(18-6-13)20-9-14-5-15(10-20)8-19(7-14)16-11-21-12-16/h1,3-4,6,14-16H,5,7-12H2. The van der Waals surface area contributed by atoms with Gasteiger partial charge in [0.25, 0.3) is 0 Å². The maximum Gasteiger partial charge on any atom is 0.128 e. The number of fused-ring (bicyclic) bond motifs is 2. The Hall–Kier alpha value is -1.57. The molecule has 4 rings (SSSR count). The summed E-state index contributed by atoms with van der Waals surface area (Å²) in [5.74, 6) is 5.22. The zero-order chi connectivity index (χ0) is 14.2. The number of hydrogen-bond acceptors (Lipinski definition) is 4. The molecule has 3 aliphatic heterocycles. The average Bonchev–Trinajstić information content (AvgIpc) is 2.44. The SMILES string of the molecule is C#Cc1ccc(N2CC3CC(C2)CN(C2COC2)C3)nc1. The molecular weight excluding hydrogens is 262 g/mol. The molecule has 2 atom stereocenters. The van der Waals surface area contributed by atoms with Gasteiger partial charge in [-0.3, -0.25) is 4.90 Å². The monoisotopic (exact) mass is 283 g/mol. The van der Waals surface area contributed by atoms with Crippen LogP contribution in [0.2, 0.25) is 0 Å². The number of piperidine rings is 2. The predicted octanol–water partition coefficient (Wildman–Crippen LogP) is 1.22. The molecule has 0 saturated carbocycles. The van der Waals surface area contributed by atoms with Crippen molar-refractivity contribution < 1.29 is 4.74 Å². The van der Waals surface area contributed by atoms with E-state index in [9.17, 15) is 0 Å². The van der Waals surface area contributed by atoms with Crippen molar-refractivity contribution in [2.45, 2.75) is 12.5 Å². The molecule has 0 amide bonds. The van der Waals surface area contributed by atoms with Gasteiger partial charge in [-0.05, 0) is 30.4 Å². The third kappa shape index (κ3) is 2.52. The van der Waals surface area contributed by atoms with Gasteiger partial charge in [0.15, 0.2) is 0 Å². The van der Waals surface area contributed by atoms with Crippen LogP contribution in [-0.4, -0.2) is 55.3 Å². The lowest BCUT2D eigenvalue weighted by Crippen LogP contribution is -2.59. The van der Waals surface area contributed by atoms with E-state index in [1.54, 1.807) is 6.20 Å². The molecule has 4 nitrogen and oxygen atoms in total. The van der Waals surface area contributed by atoms with Gasteiger partial charge in [0.1, 0.15) is 5.82 Å². The van der Waals surface area contributed by atoms with Crippen LogP contribution in [0.15, 0.2) is 18.3 Å². The molecule has 0 aromatic carbocycles. The first kappa shape index (κ1) is 13.1. The number of rotatable bonds is 2. The zero-order valence-electron chi connectivity index (χ0n) is 12.2. The van der Waals surface area contributed by atoms with Crippen LogP contribution in [0.5, 0.6) is 0 Å². The van der Waals surface area contributed by atoms with Gasteiger partial charge in [-0.2, -0.15) is 0 Å². The quantitative estimate of drug-likeness (QED) is 0.763. The van der Waals surface area contributed by atoms with E-state index < -0.39 is 0 Å². The minimum Gasteiger partial charge on any atom is -0.378 e. The minimum absolute atomic E-state index is 0.676. The van der Waals surface area contributed by atoms with Crippen molar-refractivity contribution in [3.63, 3.8) is 0 Å². The van der Waals surface area contributed by atoms with Crippen molar-refractivity contribution in [1.29, 1.82) is 0 Å². The molecule has 3 fully saturated rings. The largest absolute Gasteiger partial charge is 0.378 e. The molecule has 4 heteroatoms. The Kier molecular flexibility index (Phi) is 3.33. The van der Waals surface area contributed by atoms with Crippen molar-refractivity contribution >= 4 is 5.82 Å². The summed E-state index contributed by atoms with van der Waals surface area (Å²) in [7, 11) is 0. The molecular formula is C17H21N3O. The highest BCUT2D eigenvalue weighted by atomic mass is 16.5.